The van der Waals surface area contributed by atoms with Crippen LogP contribution in [0.1, 0.15) is 43.7 Å². The summed E-state index contributed by atoms with van der Waals surface area (Å²) >= 11 is 5.89. The van der Waals surface area contributed by atoms with E-state index >= 15 is 0 Å². The lowest BCUT2D eigenvalue weighted by Gasteiger charge is -2.15. The van der Waals surface area contributed by atoms with Crippen LogP contribution in [-0.4, -0.2) is 16.2 Å². The third-order valence-electron chi connectivity index (χ3n) is 3.84. The number of carbonyl (C=O) groups is 1. The normalized spacial score (nSPS) is 13.9. The molecule has 3 rings (SSSR count). The highest BCUT2D eigenvalue weighted by Crippen LogP contribution is 2.46. The number of hydrogen-bond donors (Lipinski definition) is 0. The second kappa shape index (κ2) is 6.77. The molecule has 0 amide bonds. The molecule has 1 aromatic carbocycles. The highest BCUT2D eigenvalue weighted by Gasteiger charge is 2.28. The van der Waals surface area contributed by atoms with E-state index in [2.05, 4.69) is 16.3 Å². The number of rotatable bonds is 5. The Balaban J connectivity index is 1.94. The van der Waals surface area contributed by atoms with Gasteiger partial charge in [-0.15, -0.1) is 10.2 Å². The molecule has 0 atom stereocenters. The molecule has 0 spiro atoms. The van der Waals surface area contributed by atoms with E-state index in [9.17, 15) is 4.79 Å². The van der Waals surface area contributed by atoms with Crippen LogP contribution in [-0.2, 0) is 4.79 Å². The molecule has 1 aliphatic rings. The molecule has 2 aromatic rings. The maximum atomic E-state index is 11.9. The Kier molecular flexibility index (Phi) is 4.71. The average molecular weight is 347 g/mol. The van der Waals surface area contributed by atoms with Gasteiger partial charge in [-0.1, -0.05) is 43.6 Å². The van der Waals surface area contributed by atoms with E-state index in [0.29, 0.717) is 5.92 Å². The number of aryl methyl sites for hydroxylation is 1. The van der Waals surface area contributed by atoms with Crippen molar-refractivity contribution >= 4 is 17.6 Å². The average Bonchev–Trinajstić information content (AvgIpc) is 3.36. The fourth-order valence-electron chi connectivity index (χ4n) is 2.34. The van der Waals surface area contributed by atoms with Gasteiger partial charge in [0.15, 0.2) is 10.9 Å². The zero-order valence-corrected chi connectivity index (χ0v) is 14.6. The van der Waals surface area contributed by atoms with Crippen molar-refractivity contribution in [2.24, 2.45) is 5.92 Å². The molecule has 0 N–H and O–H groups in total. The number of para-hydroxylation sites is 1. The van der Waals surface area contributed by atoms with E-state index in [1.807, 2.05) is 19.1 Å². The van der Waals surface area contributed by atoms with E-state index in [1.54, 1.807) is 13.8 Å². The number of carbonyl (C=O) groups excluding carboxylic acids is 1. The summed E-state index contributed by atoms with van der Waals surface area (Å²) in [4.78, 5) is 11.9. The molecule has 0 bridgehead atoms. The van der Waals surface area contributed by atoms with Gasteiger partial charge in [0.1, 0.15) is 5.75 Å². The molecule has 1 aromatic heterocycles. The Bertz CT molecular complexity index is 773. The van der Waals surface area contributed by atoms with Crippen molar-refractivity contribution < 1.29 is 14.3 Å². The topological polar surface area (TPSA) is 61.3 Å². The molecule has 6 heteroatoms. The van der Waals surface area contributed by atoms with E-state index in [1.165, 1.54) is 6.07 Å². The molecule has 0 aliphatic heterocycles. The fourth-order valence-corrected chi connectivity index (χ4v) is 2.48. The van der Waals surface area contributed by atoms with Crippen molar-refractivity contribution in [3.8, 4) is 17.4 Å². The SMILES string of the molecule is Cc1cccc(C2CC2)c1Oc1nnc(Cl)cc1OC(=O)C(C)C. The first-order valence-corrected chi connectivity index (χ1v) is 8.35. The molecule has 24 heavy (non-hydrogen) atoms. The standard InChI is InChI=1S/C18H19ClN2O3/c1-10(2)18(22)23-14-9-15(19)20-21-17(14)24-16-11(3)5-4-6-13(16)12-7-8-12/h4-6,9-10,12H,7-8H2,1-3H3. The second-order valence-electron chi connectivity index (χ2n) is 6.28. The minimum Gasteiger partial charge on any atom is -0.434 e. The summed E-state index contributed by atoms with van der Waals surface area (Å²) in [5, 5.41) is 7.91. The maximum Gasteiger partial charge on any atom is 0.313 e. The van der Waals surface area contributed by atoms with Gasteiger partial charge in [0, 0.05) is 6.07 Å². The van der Waals surface area contributed by atoms with Crippen LogP contribution in [0.2, 0.25) is 5.15 Å². The Morgan fingerprint density at radius 2 is 2.04 bits per heavy atom. The molecule has 0 saturated heterocycles. The summed E-state index contributed by atoms with van der Waals surface area (Å²) in [6, 6.07) is 7.50. The molecule has 1 heterocycles. The van der Waals surface area contributed by atoms with Gasteiger partial charge in [0.2, 0.25) is 0 Å². The Hall–Kier alpha value is -2.14. The lowest BCUT2D eigenvalue weighted by atomic mass is 10.1. The summed E-state index contributed by atoms with van der Waals surface area (Å²) in [5.74, 6) is 0.935. The van der Waals surface area contributed by atoms with Crippen LogP contribution in [0.15, 0.2) is 24.3 Å². The van der Waals surface area contributed by atoms with Crippen molar-refractivity contribution in [1.29, 1.82) is 0 Å². The van der Waals surface area contributed by atoms with Gasteiger partial charge < -0.3 is 9.47 Å². The highest BCUT2D eigenvalue weighted by atomic mass is 35.5. The van der Waals surface area contributed by atoms with Crippen LogP contribution in [0.3, 0.4) is 0 Å². The zero-order valence-electron chi connectivity index (χ0n) is 13.9. The molecule has 1 aliphatic carbocycles. The lowest BCUT2D eigenvalue weighted by molar-refractivity contribution is -0.137. The quantitative estimate of drug-likeness (QED) is 0.736. The van der Waals surface area contributed by atoms with Crippen LogP contribution >= 0.6 is 11.6 Å². The van der Waals surface area contributed by atoms with Crippen LogP contribution in [0.25, 0.3) is 0 Å². The van der Waals surface area contributed by atoms with Crippen molar-refractivity contribution in [2.45, 2.75) is 39.5 Å². The molecule has 126 valence electrons. The molecular formula is C18H19ClN2O3. The molecular weight excluding hydrogens is 328 g/mol. The predicted octanol–water partition coefficient (Wildman–Crippen LogP) is 4.67. The van der Waals surface area contributed by atoms with Gasteiger partial charge in [0.05, 0.1) is 5.92 Å². The van der Waals surface area contributed by atoms with Crippen molar-refractivity contribution in [2.75, 3.05) is 0 Å². The van der Waals surface area contributed by atoms with Gasteiger partial charge in [-0.05, 0) is 36.8 Å². The summed E-state index contributed by atoms with van der Waals surface area (Å²) < 4.78 is 11.4. The Morgan fingerprint density at radius 1 is 1.29 bits per heavy atom. The second-order valence-corrected chi connectivity index (χ2v) is 6.67. The molecule has 0 radical (unpaired) electrons. The molecule has 5 nitrogen and oxygen atoms in total. The third-order valence-corrected chi connectivity index (χ3v) is 4.02. The number of benzene rings is 1. The highest BCUT2D eigenvalue weighted by molar-refractivity contribution is 6.29. The number of hydrogen-bond acceptors (Lipinski definition) is 5. The van der Waals surface area contributed by atoms with Gasteiger partial charge >= 0.3 is 5.97 Å². The van der Waals surface area contributed by atoms with E-state index in [-0.39, 0.29) is 28.7 Å². The Morgan fingerprint density at radius 3 is 2.71 bits per heavy atom. The van der Waals surface area contributed by atoms with E-state index in [4.69, 9.17) is 21.1 Å². The number of esters is 1. The number of ether oxygens (including phenoxy) is 2. The minimum atomic E-state index is -0.379. The molecule has 1 saturated carbocycles. The monoisotopic (exact) mass is 346 g/mol. The van der Waals surface area contributed by atoms with Crippen molar-refractivity contribution in [3.05, 3.63) is 40.5 Å². The molecule has 0 unspecified atom stereocenters. The number of aromatic nitrogens is 2. The van der Waals surface area contributed by atoms with Crippen LogP contribution in [0, 0.1) is 12.8 Å². The van der Waals surface area contributed by atoms with Crippen LogP contribution < -0.4 is 9.47 Å². The lowest BCUT2D eigenvalue weighted by Crippen LogP contribution is -2.15. The predicted molar refractivity (Wildman–Crippen MR) is 90.7 cm³/mol. The van der Waals surface area contributed by atoms with E-state index < -0.39 is 0 Å². The summed E-state index contributed by atoms with van der Waals surface area (Å²) in [7, 11) is 0. The summed E-state index contributed by atoms with van der Waals surface area (Å²) in [6.07, 6.45) is 2.31. The summed E-state index contributed by atoms with van der Waals surface area (Å²) in [6.45, 7) is 5.49. The number of nitrogens with zero attached hydrogens (tertiary/aromatic N) is 2. The van der Waals surface area contributed by atoms with Gasteiger partial charge in [-0.3, -0.25) is 4.79 Å². The van der Waals surface area contributed by atoms with Gasteiger partial charge in [-0.25, -0.2) is 0 Å². The van der Waals surface area contributed by atoms with Gasteiger partial charge in [-0.2, -0.15) is 0 Å². The van der Waals surface area contributed by atoms with Crippen molar-refractivity contribution in [3.63, 3.8) is 0 Å². The minimum absolute atomic E-state index is 0.140. The van der Waals surface area contributed by atoms with Crippen LogP contribution in [0.5, 0.6) is 17.4 Å². The maximum absolute atomic E-state index is 11.9. The first-order chi connectivity index (χ1) is 11.5. The number of halogens is 1. The van der Waals surface area contributed by atoms with Crippen molar-refractivity contribution in [1.82, 2.24) is 10.2 Å². The smallest absolute Gasteiger partial charge is 0.313 e. The van der Waals surface area contributed by atoms with Crippen LogP contribution in [0.4, 0.5) is 0 Å². The first kappa shape index (κ1) is 16.7. The first-order valence-electron chi connectivity index (χ1n) is 7.98. The third kappa shape index (κ3) is 3.67. The molecule has 1 fully saturated rings. The summed E-state index contributed by atoms with van der Waals surface area (Å²) in [5.41, 5.74) is 2.14. The zero-order chi connectivity index (χ0) is 17.3. The Labute approximate surface area is 146 Å². The van der Waals surface area contributed by atoms with E-state index in [0.717, 1.165) is 29.7 Å². The fraction of sp³-hybridized carbons (Fsp3) is 0.389. The largest absolute Gasteiger partial charge is 0.434 e. The van der Waals surface area contributed by atoms with Gasteiger partial charge in [0.25, 0.3) is 5.88 Å².